The average molecular weight is 197 g/mol. The van der Waals surface area contributed by atoms with Gasteiger partial charge in [0.05, 0.1) is 0 Å². The Hall–Kier alpha value is -0.770. The number of nitrogens with zero attached hydrogens (tertiary/aromatic N) is 1. The van der Waals surface area contributed by atoms with Crippen LogP contribution in [-0.4, -0.2) is 36.1 Å². The third kappa shape index (κ3) is 1.59. The summed E-state index contributed by atoms with van der Waals surface area (Å²) in [6, 6.07) is 0.590. The van der Waals surface area contributed by atoms with E-state index in [4.69, 9.17) is 5.73 Å². The summed E-state index contributed by atoms with van der Waals surface area (Å²) in [5.74, 6) is 0.655. The number of hydrogen-bond acceptors (Lipinski definition) is 2. The number of nitrogens with two attached hydrogens (primary N) is 1. The summed E-state index contributed by atoms with van der Waals surface area (Å²) in [4.78, 5) is 13.6. The van der Waals surface area contributed by atoms with Crippen LogP contribution in [0, 0.1) is 5.92 Å². The molecule has 14 heavy (non-hydrogen) atoms. The minimum Gasteiger partial charge on any atom is -0.338 e. The van der Waals surface area contributed by atoms with Gasteiger partial charge in [0.25, 0.3) is 0 Å². The summed E-state index contributed by atoms with van der Waals surface area (Å²) >= 11 is 0. The molecule has 1 aliphatic carbocycles. The highest BCUT2D eigenvalue weighted by Crippen LogP contribution is 2.36. The van der Waals surface area contributed by atoms with Crippen LogP contribution in [0.25, 0.3) is 0 Å². The molecule has 0 aromatic carbocycles. The molecule has 1 saturated carbocycles. The molecule has 2 bridgehead atoms. The Bertz CT molecular complexity index is 231. The number of carbonyl (C=O) groups is 1. The number of nitrogens with one attached hydrogen (secondary N) is 1. The van der Waals surface area contributed by atoms with Crippen LogP contribution in [0.15, 0.2) is 0 Å². The van der Waals surface area contributed by atoms with Gasteiger partial charge < -0.3 is 16.0 Å². The van der Waals surface area contributed by atoms with Crippen LogP contribution in [0.4, 0.5) is 4.79 Å². The number of amides is 2. The predicted octanol–water partition coefficient (Wildman–Crippen LogP) is 0.527. The van der Waals surface area contributed by atoms with E-state index in [-0.39, 0.29) is 12.1 Å². The summed E-state index contributed by atoms with van der Waals surface area (Å²) in [5.41, 5.74) is 5.96. The Morgan fingerprint density at radius 3 is 2.93 bits per heavy atom. The minimum absolute atomic E-state index is 0.0782. The number of fused-ring (bicyclic) bond motifs is 2. The maximum Gasteiger partial charge on any atom is 0.317 e. The normalized spacial score (nSPS) is 35.0. The number of hydrogen-bond donors (Lipinski definition) is 2. The fraction of sp³-hybridized carbons (Fsp3) is 0.900. The summed E-state index contributed by atoms with van der Waals surface area (Å²) in [5, 5.41) is 2.91. The minimum atomic E-state index is 0.0782. The summed E-state index contributed by atoms with van der Waals surface area (Å²) in [7, 11) is 0. The third-order valence-electron chi connectivity index (χ3n) is 3.32. The van der Waals surface area contributed by atoms with Gasteiger partial charge in [0.2, 0.25) is 0 Å². The molecule has 1 saturated heterocycles. The molecule has 0 spiro atoms. The summed E-state index contributed by atoms with van der Waals surface area (Å²) in [6.45, 7) is 3.73. The zero-order chi connectivity index (χ0) is 10.1. The van der Waals surface area contributed by atoms with E-state index in [9.17, 15) is 4.79 Å². The van der Waals surface area contributed by atoms with E-state index < -0.39 is 0 Å². The topological polar surface area (TPSA) is 58.4 Å². The first-order chi connectivity index (χ1) is 6.72. The van der Waals surface area contributed by atoms with Gasteiger partial charge >= 0.3 is 6.03 Å². The molecular formula is C10H19N3O. The van der Waals surface area contributed by atoms with Gasteiger partial charge in [-0.3, -0.25) is 0 Å². The van der Waals surface area contributed by atoms with Crippen molar-refractivity contribution in [1.29, 1.82) is 0 Å². The molecule has 2 amide bonds. The smallest absolute Gasteiger partial charge is 0.317 e. The predicted molar refractivity (Wildman–Crippen MR) is 54.9 cm³/mol. The molecule has 3 N–H and O–H groups in total. The molecule has 4 heteroatoms. The van der Waals surface area contributed by atoms with Crippen molar-refractivity contribution in [2.45, 2.75) is 38.3 Å². The lowest BCUT2D eigenvalue weighted by atomic mass is 10.1. The van der Waals surface area contributed by atoms with Crippen molar-refractivity contribution in [3.05, 3.63) is 0 Å². The van der Waals surface area contributed by atoms with Gasteiger partial charge in [-0.1, -0.05) is 6.92 Å². The van der Waals surface area contributed by atoms with Crippen LogP contribution in [0.3, 0.4) is 0 Å². The van der Waals surface area contributed by atoms with Gasteiger partial charge in [0.1, 0.15) is 0 Å². The van der Waals surface area contributed by atoms with Crippen molar-refractivity contribution in [3.8, 4) is 0 Å². The number of rotatable bonds is 2. The van der Waals surface area contributed by atoms with Crippen LogP contribution in [-0.2, 0) is 0 Å². The molecule has 80 valence electrons. The number of carbonyl (C=O) groups excluding carboxylic acids is 1. The fourth-order valence-corrected chi connectivity index (χ4v) is 2.64. The molecule has 2 aliphatic rings. The SMILES string of the molecule is CCCNC(=O)N1CC2CC(N)C1C2. The standard InChI is InChI=1S/C10H19N3O/c1-2-3-12-10(14)13-6-7-4-8(11)9(13)5-7/h7-9H,2-6,11H2,1H3,(H,12,14). The van der Waals surface area contributed by atoms with Crippen LogP contribution in [0.1, 0.15) is 26.2 Å². The molecular weight excluding hydrogens is 178 g/mol. The highest BCUT2D eigenvalue weighted by molar-refractivity contribution is 5.75. The number of piperidine rings is 1. The highest BCUT2D eigenvalue weighted by atomic mass is 16.2. The van der Waals surface area contributed by atoms with Gasteiger partial charge in [-0.25, -0.2) is 4.79 Å². The lowest BCUT2D eigenvalue weighted by Gasteiger charge is -2.31. The Morgan fingerprint density at radius 1 is 1.57 bits per heavy atom. The largest absolute Gasteiger partial charge is 0.338 e. The molecule has 2 fully saturated rings. The maximum atomic E-state index is 11.7. The molecule has 0 radical (unpaired) electrons. The van der Waals surface area contributed by atoms with Crippen molar-refractivity contribution in [2.24, 2.45) is 11.7 Å². The van der Waals surface area contributed by atoms with Gasteiger partial charge in [0.15, 0.2) is 0 Å². The Balaban J connectivity index is 1.90. The zero-order valence-electron chi connectivity index (χ0n) is 8.70. The lowest BCUT2D eigenvalue weighted by molar-refractivity contribution is 0.173. The van der Waals surface area contributed by atoms with E-state index in [1.807, 2.05) is 4.90 Å². The third-order valence-corrected chi connectivity index (χ3v) is 3.32. The van der Waals surface area contributed by atoms with Crippen molar-refractivity contribution in [1.82, 2.24) is 10.2 Å². The second kappa shape index (κ2) is 3.77. The van der Waals surface area contributed by atoms with E-state index in [1.54, 1.807) is 0 Å². The van der Waals surface area contributed by atoms with Gasteiger partial charge in [-0.15, -0.1) is 0 Å². The van der Waals surface area contributed by atoms with Crippen LogP contribution < -0.4 is 11.1 Å². The van der Waals surface area contributed by atoms with Gasteiger partial charge in [-0.05, 0) is 25.2 Å². The van der Waals surface area contributed by atoms with Crippen molar-refractivity contribution < 1.29 is 4.79 Å². The average Bonchev–Trinajstić information content (AvgIpc) is 2.72. The van der Waals surface area contributed by atoms with Crippen molar-refractivity contribution in [2.75, 3.05) is 13.1 Å². The molecule has 2 rings (SSSR count). The summed E-state index contributed by atoms with van der Waals surface area (Å²) < 4.78 is 0. The second-order valence-electron chi connectivity index (χ2n) is 4.45. The molecule has 0 aromatic rings. The zero-order valence-corrected chi connectivity index (χ0v) is 8.70. The van der Waals surface area contributed by atoms with E-state index >= 15 is 0 Å². The summed E-state index contributed by atoms with van der Waals surface area (Å²) in [6.07, 6.45) is 3.20. The van der Waals surface area contributed by atoms with E-state index in [0.29, 0.717) is 12.0 Å². The van der Waals surface area contributed by atoms with Crippen LogP contribution >= 0.6 is 0 Å². The highest BCUT2D eigenvalue weighted by Gasteiger charge is 2.45. The molecule has 1 heterocycles. The second-order valence-corrected chi connectivity index (χ2v) is 4.45. The molecule has 4 nitrogen and oxygen atoms in total. The van der Waals surface area contributed by atoms with Gasteiger partial charge in [0, 0.05) is 25.2 Å². The van der Waals surface area contributed by atoms with Gasteiger partial charge in [-0.2, -0.15) is 0 Å². The Morgan fingerprint density at radius 2 is 2.36 bits per heavy atom. The number of urea groups is 1. The molecule has 0 aromatic heterocycles. The lowest BCUT2D eigenvalue weighted by Crippen LogP contribution is -2.51. The quantitative estimate of drug-likeness (QED) is 0.678. The van der Waals surface area contributed by atoms with Crippen molar-refractivity contribution >= 4 is 6.03 Å². The first-order valence-electron chi connectivity index (χ1n) is 5.52. The van der Waals surface area contributed by atoms with Crippen LogP contribution in [0.5, 0.6) is 0 Å². The van der Waals surface area contributed by atoms with E-state index in [1.165, 1.54) is 0 Å². The first kappa shape index (κ1) is 9.77. The molecule has 3 atom stereocenters. The van der Waals surface area contributed by atoms with E-state index in [0.717, 1.165) is 32.4 Å². The maximum absolute atomic E-state index is 11.7. The first-order valence-corrected chi connectivity index (χ1v) is 5.52. The van der Waals surface area contributed by atoms with Crippen molar-refractivity contribution in [3.63, 3.8) is 0 Å². The molecule has 1 aliphatic heterocycles. The molecule has 3 unspecified atom stereocenters. The Kier molecular flexibility index (Phi) is 2.63. The monoisotopic (exact) mass is 197 g/mol. The Labute approximate surface area is 84.8 Å². The number of likely N-dealkylation sites (tertiary alicyclic amines) is 1. The van der Waals surface area contributed by atoms with Crippen LogP contribution in [0.2, 0.25) is 0 Å². The fourth-order valence-electron chi connectivity index (χ4n) is 2.64. The van der Waals surface area contributed by atoms with E-state index in [2.05, 4.69) is 12.2 Å².